The third-order valence-corrected chi connectivity index (χ3v) is 2.83. The number of ketones is 1. The molecular formula is C9H18N2O6. The molecule has 1 unspecified atom stereocenters. The third-order valence-electron chi connectivity index (χ3n) is 2.83. The van der Waals surface area contributed by atoms with Crippen LogP contribution in [0.1, 0.15) is 6.92 Å². The van der Waals surface area contributed by atoms with E-state index in [4.69, 9.17) is 21.3 Å². The van der Waals surface area contributed by atoms with Crippen LogP contribution in [0.5, 0.6) is 0 Å². The van der Waals surface area contributed by atoms with Crippen LogP contribution in [0.25, 0.3) is 0 Å². The number of rotatable bonds is 3. The molecular weight excluding hydrogens is 232 g/mol. The van der Waals surface area contributed by atoms with Gasteiger partial charge >= 0.3 is 0 Å². The van der Waals surface area contributed by atoms with E-state index in [9.17, 15) is 20.1 Å². The molecule has 1 rings (SSSR count). The van der Waals surface area contributed by atoms with Crippen LogP contribution in [0.3, 0.4) is 0 Å². The van der Waals surface area contributed by atoms with Crippen molar-refractivity contribution in [1.82, 2.24) is 0 Å². The lowest BCUT2D eigenvalue weighted by Crippen LogP contribution is -2.72. The van der Waals surface area contributed by atoms with Crippen LogP contribution in [0.2, 0.25) is 0 Å². The molecule has 0 aromatic carbocycles. The van der Waals surface area contributed by atoms with E-state index in [-0.39, 0.29) is 0 Å². The van der Waals surface area contributed by atoms with Crippen molar-refractivity contribution in [2.75, 3.05) is 6.61 Å². The van der Waals surface area contributed by atoms with Gasteiger partial charge in [0.2, 0.25) is 11.6 Å². The van der Waals surface area contributed by atoms with Crippen LogP contribution in [0.15, 0.2) is 0 Å². The maximum atomic E-state index is 11.7. The Morgan fingerprint density at radius 2 is 2.00 bits per heavy atom. The number of hydrogen-bond acceptors (Lipinski definition) is 8. The Morgan fingerprint density at radius 1 is 1.47 bits per heavy atom. The summed E-state index contributed by atoms with van der Waals surface area (Å²) in [7, 11) is 0. The Hall–Kier alpha value is -0.610. The molecule has 0 bridgehead atoms. The summed E-state index contributed by atoms with van der Waals surface area (Å²) < 4.78 is 4.88. The monoisotopic (exact) mass is 250 g/mol. The highest BCUT2D eigenvalue weighted by molar-refractivity contribution is 5.91. The Kier molecular flexibility index (Phi) is 4.20. The lowest BCUT2D eigenvalue weighted by molar-refractivity contribution is -0.298. The molecule has 1 saturated heterocycles. The first kappa shape index (κ1) is 14.5. The largest absolute Gasteiger partial charge is 0.394 e. The summed E-state index contributed by atoms with van der Waals surface area (Å²) in [5.41, 5.74) is 10.8. The lowest BCUT2D eigenvalue weighted by Gasteiger charge is -2.45. The predicted molar refractivity (Wildman–Crippen MR) is 55.6 cm³/mol. The van der Waals surface area contributed by atoms with E-state index in [1.54, 1.807) is 0 Å². The highest BCUT2D eigenvalue weighted by Crippen LogP contribution is 2.28. The Labute approximate surface area is 97.8 Å². The second kappa shape index (κ2) is 4.94. The third kappa shape index (κ3) is 2.33. The minimum Gasteiger partial charge on any atom is -0.394 e. The van der Waals surface area contributed by atoms with E-state index in [0.29, 0.717) is 0 Å². The fourth-order valence-electron chi connectivity index (χ4n) is 1.74. The van der Waals surface area contributed by atoms with Crippen LogP contribution in [0.4, 0.5) is 0 Å². The first-order valence-electron chi connectivity index (χ1n) is 5.18. The number of aliphatic hydroxyl groups excluding tert-OH is 3. The first-order chi connectivity index (χ1) is 7.75. The number of nitrogens with two attached hydrogens (primary N) is 2. The summed E-state index contributed by atoms with van der Waals surface area (Å²) >= 11 is 0. The van der Waals surface area contributed by atoms with Crippen molar-refractivity contribution in [2.24, 2.45) is 11.5 Å². The molecule has 0 aromatic rings. The van der Waals surface area contributed by atoms with Gasteiger partial charge in [-0.05, 0) is 6.92 Å². The van der Waals surface area contributed by atoms with Gasteiger partial charge in [0.25, 0.3) is 0 Å². The molecule has 1 aliphatic heterocycles. The molecule has 6 atom stereocenters. The first-order valence-corrected chi connectivity index (χ1v) is 5.18. The number of aliphatic hydroxyl groups is 4. The van der Waals surface area contributed by atoms with Crippen molar-refractivity contribution in [3.8, 4) is 0 Å². The quantitative estimate of drug-likeness (QED) is 0.296. The van der Waals surface area contributed by atoms with Crippen LogP contribution < -0.4 is 11.5 Å². The Morgan fingerprint density at radius 3 is 2.41 bits per heavy atom. The van der Waals surface area contributed by atoms with E-state index in [2.05, 4.69) is 0 Å². The zero-order valence-corrected chi connectivity index (χ0v) is 9.35. The average molecular weight is 250 g/mol. The summed E-state index contributed by atoms with van der Waals surface area (Å²) in [6.07, 6.45) is -4.40. The van der Waals surface area contributed by atoms with Crippen LogP contribution in [0, 0.1) is 0 Å². The molecule has 8 N–H and O–H groups in total. The van der Waals surface area contributed by atoms with Gasteiger partial charge in [-0.15, -0.1) is 0 Å². The van der Waals surface area contributed by atoms with Gasteiger partial charge in [-0.3, -0.25) is 4.79 Å². The predicted octanol–water partition coefficient (Wildman–Crippen LogP) is -3.97. The zero-order valence-electron chi connectivity index (χ0n) is 9.35. The standard InChI is InChI=1S/C9H18N2O6/c1-3(10)8(15)9(16)7(11)6(14)5(13)4(2-12)17-9/h3-7,12-14,16H,2,10-11H2,1H3/t3-,4+,5+,6-,7+,9?/m0/s1. The summed E-state index contributed by atoms with van der Waals surface area (Å²) in [5.74, 6) is -3.44. The molecule has 0 spiro atoms. The average Bonchev–Trinajstić information content (AvgIpc) is 2.30. The van der Waals surface area contributed by atoms with Gasteiger partial charge in [-0.2, -0.15) is 0 Å². The Bertz CT molecular complexity index is 297. The van der Waals surface area contributed by atoms with E-state index in [1.807, 2.05) is 0 Å². The molecule has 0 aliphatic carbocycles. The lowest BCUT2D eigenvalue weighted by atomic mass is 9.87. The van der Waals surface area contributed by atoms with Crippen molar-refractivity contribution in [3.63, 3.8) is 0 Å². The van der Waals surface area contributed by atoms with E-state index in [0.717, 1.165) is 0 Å². The number of carbonyl (C=O) groups is 1. The van der Waals surface area contributed by atoms with Crippen molar-refractivity contribution in [3.05, 3.63) is 0 Å². The maximum absolute atomic E-state index is 11.7. The molecule has 0 amide bonds. The summed E-state index contributed by atoms with van der Waals surface area (Å²) in [5, 5.41) is 38.0. The molecule has 1 fully saturated rings. The van der Waals surface area contributed by atoms with E-state index >= 15 is 0 Å². The smallest absolute Gasteiger partial charge is 0.246 e. The topological polar surface area (TPSA) is 159 Å². The fourth-order valence-corrected chi connectivity index (χ4v) is 1.74. The highest BCUT2D eigenvalue weighted by atomic mass is 16.7. The van der Waals surface area contributed by atoms with E-state index < -0.39 is 48.6 Å². The molecule has 8 heteroatoms. The van der Waals surface area contributed by atoms with Gasteiger partial charge in [-0.25, -0.2) is 0 Å². The molecule has 0 saturated carbocycles. The van der Waals surface area contributed by atoms with Crippen molar-refractivity contribution >= 4 is 5.78 Å². The highest BCUT2D eigenvalue weighted by Gasteiger charge is 2.56. The van der Waals surface area contributed by atoms with Crippen LogP contribution in [-0.2, 0) is 9.53 Å². The normalized spacial score (nSPS) is 44.4. The van der Waals surface area contributed by atoms with Crippen molar-refractivity contribution < 1.29 is 30.0 Å². The minimum absolute atomic E-state index is 0.681. The molecule has 17 heavy (non-hydrogen) atoms. The van der Waals surface area contributed by atoms with Crippen LogP contribution >= 0.6 is 0 Å². The number of Topliss-reactive ketones (excluding diaryl/α,β-unsaturated/α-hetero) is 1. The van der Waals surface area contributed by atoms with Crippen molar-refractivity contribution in [1.29, 1.82) is 0 Å². The second-order valence-electron chi connectivity index (χ2n) is 4.20. The molecule has 1 heterocycles. The minimum atomic E-state index is -2.51. The summed E-state index contributed by atoms with van der Waals surface area (Å²) in [6.45, 7) is 0.640. The summed E-state index contributed by atoms with van der Waals surface area (Å²) in [4.78, 5) is 11.7. The van der Waals surface area contributed by atoms with E-state index in [1.165, 1.54) is 6.92 Å². The van der Waals surface area contributed by atoms with Gasteiger partial charge < -0.3 is 36.6 Å². The van der Waals surface area contributed by atoms with Crippen LogP contribution in [-0.4, -0.2) is 69.0 Å². The van der Waals surface area contributed by atoms with Gasteiger partial charge in [0, 0.05) is 0 Å². The second-order valence-corrected chi connectivity index (χ2v) is 4.20. The van der Waals surface area contributed by atoms with Crippen molar-refractivity contribution in [2.45, 2.75) is 43.1 Å². The fraction of sp³-hybridized carbons (Fsp3) is 0.889. The molecule has 1 aliphatic rings. The molecule has 0 aromatic heterocycles. The Balaban J connectivity index is 3.03. The molecule has 8 nitrogen and oxygen atoms in total. The molecule has 0 radical (unpaired) electrons. The zero-order chi connectivity index (χ0) is 13.4. The number of carbonyl (C=O) groups excluding carboxylic acids is 1. The van der Waals surface area contributed by atoms with Gasteiger partial charge in [-0.1, -0.05) is 0 Å². The van der Waals surface area contributed by atoms with Gasteiger partial charge in [0.1, 0.15) is 18.3 Å². The maximum Gasteiger partial charge on any atom is 0.246 e. The number of hydrogen-bond donors (Lipinski definition) is 6. The number of ether oxygens (including phenoxy) is 1. The molecule has 100 valence electrons. The summed E-state index contributed by atoms with van der Waals surface area (Å²) in [6, 6.07) is -2.60. The van der Waals surface area contributed by atoms with Gasteiger partial charge in [0.05, 0.1) is 18.7 Å². The SMILES string of the molecule is C[C@H](N)C(=O)C1(O)O[C@H](CO)[C@@H](O)[C@H](O)[C@H]1N. The van der Waals surface area contributed by atoms with Gasteiger partial charge in [0.15, 0.2) is 0 Å².